The van der Waals surface area contributed by atoms with Crippen LogP contribution in [0.25, 0.3) is 10.8 Å². The van der Waals surface area contributed by atoms with Crippen molar-refractivity contribution in [1.29, 1.82) is 0 Å². The van der Waals surface area contributed by atoms with E-state index >= 15 is 0 Å². The monoisotopic (exact) mass is 316 g/mol. The highest BCUT2D eigenvalue weighted by atomic mass is 16.5. The highest BCUT2D eigenvalue weighted by molar-refractivity contribution is 5.87. The van der Waals surface area contributed by atoms with Gasteiger partial charge in [0.25, 0.3) is 0 Å². The van der Waals surface area contributed by atoms with Gasteiger partial charge in [0.1, 0.15) is 38.5 Å². The maximum atomic E-state index is 5.85. The molecule has 0 spiro atoms. The van der Waals surface area contributed by atoms with Gasteiger partial charge in [-0.25, -0.2) is 0 Å². The summed E-state index contributed by atoms with van der Waals surface area (Å²) < 4.78 is 11.3. The molecule has 0 unspecified atom stereocenters. The number of fused-ring (bicyclic) bond motifs is 1. The van der Waals surface area contributed by atoms with Crippen LogP contribution >= 0.6 is 0 Å². The normalized spacial score (nSPS) is 15.9. The van der Waals surface area contributed by atoms with E-state index < -0.39 is 0 Å². The molecule has 0 bridgehead atoms. The first-order valence-electron chi connectivity index (χ1n) is 8.75. The molecular weight excluding hydrogens is 288 g/mol. The van der Waals surface area contributed by atoms with Crippen molar-refractivity contribution < 1.29 is 19.7 Å². The summed E-state index contributed by atoms with van der Waals surface area (Å²) in [4.78, 5) is 1.66. The van der Waals surface area contributed by atoms with Crippen LogP contribution in [-0.2, 0) is 11.3 Å². The van der Waals surface area contributed by atoms with Gasteiger partial charge in [0.15, 0.2) is 0 Å². The molecule has 1 fully saturated rings. The number of nitrogens with two attached hydrogens (primary N) is 1. The molecule has 4 heteroatoms. The maximum absolute atomic E-state index is 5.85. The highest BCUT2D eigenvalue weighted by Crippen LogP contribution is 2.27. The molecule has 1 heterocycles. The average molecular weight is 316 g/mol. The molecule has 2 aromatic carbocycles. The lowest BCUT2D eigenvalue weighted by Gasteiger charge is -2.23. The van der Waals surface area contributed by atoms with Crippen LogP contribution in [0.1, 0.15) is 12.5 Å². The molecule has 1 saturated heterocycles. The Labute approximate surface area is 138 Å². The van der Waals surface area contributed by atoms with E-state index in [0.717, 1.165) is 45.1 Å². The summed E-state index contributed by atoms with van der Waals surface area (Å²) in [5.41, 5.74) is 1.32. The van der Waals surface area contributed by atoms with Gasteiger partial charge in [-0.1, -0.05) is 30.3 Å². The number of ether oxygens (including phenoxy) is 2. The maximum Gasteiger partial charge on any atom is 0.128 e. The summed E-state index contributed by atoms with van der Waals surface area (Å²) in [6, 6.07) is 12.8. The fourth-order valence-corrected chi connectivity index (χ4v) is 3.28. The predicted octanol–water partition coefficient (Wildman–Crippen LogP) is 0.217. The topological polar surface area (TPSA) is 39.5 Å². The van der Waals surface area contributed by atoms with Gasteiger partial charge in [-0.05, 0) is 23.8 Å². The minimum Gasteiger partial charge on any atom is -0.493 e. The largest absolute Gasteiger partial charge is 0.493 e. The summed E-state index contributed by atoms with van der Waals surface area (Å²) in [6.45, 7) is 10.2. The van der Waals surface area contributed by atoms with Gasteiger partial charge < -0.3 is 19.7 Å². The van der Waals surface area contributed by atoms with Crippen LogP contribution in [0, 0.1) is 0 Å². The average Bonchev–Trinajstić information content (AvgIpc) is 2.61. The molecule has 0 radical (unpaired) electrons. The SMILES string of the molecule is CCOc1ccc2ccccc2c1C[NH2+]CC[NH+]1CCOCC1. The first-order chi connectivity index (χ1) is 11.4. The molecular formula is C19H28N2O2+2. The molecule has 124 valence electrons. The number of quaternary nitrogens is 2. The Bertz CT molecular complexity index is 624. The van der Waals surface area contributed by atoms with Crippen molar-refractivity contribution in [2.24, 2.45) is 0 Å². The van der Waals surface area contributed by atoms with Gasteiger partial charge in [0.2, 0.25) is 0 Å². The van der Waals surface area contributed by atoms with Crippen molar-refractivity contribution in [2.45, 2.75) is 13.5 Å². The molecule has 1 aliphatic heterocycles. The second-order valence-electron chi connectivity index (χ2n) is 6.09. The first kappa shape index (κ1) is 16.2. The Morgan fingerprint density at radius 3 is 2.78 bits per heavy atom. The summed E-state index contributed by atoms with van der Waals surface area (Å²) in [5.74, 6) is 1.03. The van der Waals surface area contributed by atoms with Gasteiger partial charge in [0.05, 0.1) is 25.4 Å². The van der Waals surface area contributed by atoms with E-state index in [1.165, 1.54) is 22.9 Å². The van der Waals surface area contributed by atoms with Gasteiger partial charge in [-0.2, -0.15) is 0 Å². The molecule has 0 aromatic heterocycles. The first-order valence-corrected chi connectivity index (χ1v) is 8.75. The fraction of sp³-hybridized carbons (Fsp3) is 0.474. The number of benzene rings is 2. The van der Waals surface area contributed by atoms with Gasteiger partial charge in [0, 0.05) is 0 Å². The second-order valence-corrected chi connectivity index (χ2v) is 6.09. The standard InChI is InChI=1S/C19H26N2O2/c1-2-23-19-8-7-16-5-3-4-6-17(16)18(19)15-20-9-10-21-11-13-22-14-12-21/h3-8,20H,2,9-15H2,1H3/p+2. The Hall–Kier alpha value is -1.62. The fourth-order valence-electron chi connectivity index (χ4n) is 3.28. The minimum absolute atomic E-state index is 0.712. The second kappa shape index (κ2) is 8.29. The molecule has 3 N–H and O–H groups in total. The van der Waals surface area contributed by atoms with Crippen LogP contribution in [0.3, 0.4) is 0 Å². The van der Waals surface area contributed by atoms with Crippen molar-refractivity contribution >= 4 is 10.8 Å². The third kappa shape index (κ3) is 4.22. The third-order valence-electron chi connectivity index (χ3n) is 4.55. The zero-order valence-corrected chi connectivity index (χ0v) is 14.0. The van der Waals surface area contributed by atoms with Crippen LogP contribution in [0.15, 0.2) is 36.4 Å². The quantitative estimate of drug-likeness (QED) is 0.717. The van der Waals surface area contributed by atoms with Crippen LogP contribution in [0.4, 0.5) is 0 Å². The Kier molecular flexibility index (Phi) is 5.86. The molecule has 1 aliphatic rings. The Balaban J connectivity index is 1.64. The molecule has 0 saturated carbocycles. The molecule has 2 aromatic rings. The van der Waals surface area contributed by atoms with E-state index in [4.69, 9.17) is 9.47 Å². The van der Waals surface area contributed by atoms with E-state index in [1.54, 1.807) is 4.90 Å². The van der Waals surface area contributed by atoms with E-state index in [0.29, 0.717) is 6.61 Å². The van der Waals surface area contributed by atoms with E-state index in [2.05, 4.69) is 41.7 Å². The van der Waals surface area contributed by atoms with Crippen LogP contribution in [-0.4, -0.2) is 46.0 Å². The molecule has 3 rings (SSSR count). The smallest absolute Gasteiger partial charge is 0.128 e. The van der Waals surface area contributed by atoms with Crippen LogP contribution in [0.2, 0.25) is 0 Å². The number of nitrogens with one attached hydrogen (secondary N) is 1. The zero-order valence-electron chi connectivity index (χ0n) is 14.0. The predicted molar refractivity (Wildman–Crippen MR) is 92.0 cm³/mol. The van der Waals surface area contributed by atoms with E-state index in [1.807, 2.05) is 6.92 Å². The lowest BCUT2D eigenvalue weighted by molar-refractivity contribution is -0.920. The van der Waals surface area contributed by atoms with Gasteiger partial charge in [-0.3, -0.25) is 0 Å². The molecule has 0 atom stereocenters. The lowest BCUT2D eigenvalue weighted by Crippen LogP contribution is -3.16. The number of rotatable bonds is 7. The number of hydrogen-bond donors (Lipinski definition) is 2. The summed E-state index contributed by atoms with van der Waals surface area (Å²) >= 11 is 0. The van der Waals surface area contributed by atoms with Crippen LogP contribution < -0.4 is 15.0 Å². The Morgan fingerprint density at radius 2 is 1.96 bits per heavy atom. The zero-order chi connectivity index (χ0) is 15.9. The number of hydrogen-bond acceptors (Lipinski definition) is 2. The van der Waals surface area contributed by atoms with Crippen molar-refractivity contribution in [3.05, 3.63) is 42.0 Å². The summed E-state index contributed by atoms with van der Waals surface area (Å²) in [5, 5.41) is 5.01. The minimum atomic E-state index is 0.712. The third-order valence-corrected chi connectivity index (χ3v) is 4.55. The van der Waals surface area contributed by atoms with Gasteiger partial charge in [-0.15, -0.1) is 0 Å². The van der Waals surface area contributed by atoms with Crippen molar-refractivity contribution in [1.82, 2.24) is 0 Å². The highest BCUT2D eigenvalue weighted by Gasteiger charge is 2.15. The van der Waals surface area contributed by atoms with Crippen LogP contribution in [0.5, 0.6) is 5.75 Å². The molecule has 23 heavy (non-hydrogen) atoms. The van der Waals surface area contributed by atoms with Crippen molar-refractivity contribution in [2.75, 3.05) is 46.0 Å². The van der Waals surface area contributed by atoms with Crippen molar-refractivity contribution in [3.8, 4) is 5.75 Å². The Morgan fingerprint density at radius 1 is 1.13 bits per heavy atom. The van der Waals surface area contributed by atoms with Gasteiger partial charge >= 0.3 is 0 Å². The molecule has 4 nitrogen and oxygen atoms in total. The lowest BCUT2D eigenvalue weighted by atomic mass is 10.0. The van der Waals surface area contributed by atoms with Crippen molar-refractivity contribution in [3.63, 3.8) is 0 Å². The van der Waals surface area contributed by atoms with E-state index in [-0.39, 0.29) is 0 Å². The summed E-state index contributed by atoms with van der Waals surface area (Å²) in [7, 11) is 0. The number of morpholine rings is 1. The van der Waals surface area contributed by atoms with E-state index in [9.17, 15) is 0 Å². The molecule has 0 aliphatic carbocycles. The summed E-state index contributed by atoms with van der Waals surface area (Å²) in [6.07, 6.45) is 0. The molecule has 0 amide bonds.